The third-order valence-corrected chi connectivity index (χ3v) is 12.1. The minimum Gasteiger partial charge on any atom is -0.497 e. The lowest BCUT2D eigenvalue weighted by atomic mass is 10.0. The molecular weight excluding hydrogens is 717 g/mol. The van der Waals surface area contributed by atoms with Crippen LogP contribution in [0.25, 0.3) is 10.8 Å². The number of pyridine rings is 1. The van der Waals surface area contributed by atoms with E-state index in [2.05, 4.69) is 15.4 Å². The van der Waals surface area contributed by atoms with E-state index in [9.17, 15) is 27.6 Å². The summed E-state index contributed by atoms with van der Waals surface area (Å²) in [7, 11) is 1.40. The van der Waals surface area contributed by atoms with Crippen molar-refractivity contribution in [1.29, 1.82) is 0 Å². The van der Waals surface area contributed by atoms with Crippen LogP contribution in [0.5, 0.6) is 11.6 Å². The highest BCUT2D eigenvalue weighted by molar-refractivity contribution is 7.91. The maximum absolute atomic E-state index is 14.5. The number of sulfonamides is 1. The van der Waals surface area contributed by atoms with E-state index in [4.69, 9.17) is 19.2 Å². The normalized spacial score (nSPS) is 27.0. The Morgan fingerprint density at radius 3 is 2.52 bits per heavy atom. The molecule has 0 unspecified atom stereocenters. The van der Waals surface area contributed by atoms with E-state index < -0.39 is 74.3 Å². The molecule has 5 atom stereocenters. The molecule has 15 nitrogen and oxygen atoms in total. The van der Waals surface area contributed by atoms with E-state index in [0.29, 0.717) is 54.9 Å². The molecule has 54 heavy (non-hydrogen) atoms. The molecule has 0 bridgehead atoms. The van der Waals surface area contributed by atoms with Gasteiger partial charge in [-0.3, -0.25) is 19.1 Å². The first-order valence-corrected chi connectivity index (χ1v) is 20.2. The number of rotatable bonds is 8. The number of nitrogens with one attached hydrogen (secondary N) is 3. The number of ether oxygens (including phenoxy) is 3. The third kappa shape index (κ3) is 8.85. The number of hydrogen-bond acceptors (Lipinski definition) is 11. The second-order valence-corrected chi connectivity index (χ2v) is 17.9. The van der Waals surface area contributed by atoms with Crippen molar-refractivity contribution in [3.63, 3.8) is 0 Å². The molecule has 3 N–H and O–H groups in total. The Kier molecular flexibility index (Phi) is 11.1. The van der Waals surface area contributed by atoms with E-state index in [1.165, 1.54) is 4.90 Å². The Labute approximate surface area is 316 Å². The van der Waals surface area contributed by atoms with Crippen molar-refractivity contribution in [3.8, 4) is 11.6 Å². The quantitative estimate of drug-likeness (QED) is 0.334. The second-order valence-electron chi connectivity index (χ2n) is 16.0. The lowest BCUT2D eigenvalue weighted by Gasteiger charge is -2.30. The third-order valence-electron chi connectivity index (χ3n) is 10.3. The van der Waals surface area contributed by atoms with Crippen molar-refractivity contribution in [3.05, 3.63) is 36.4 Å². The summed E-state index contributed by atoms with van der Waals surface area (Å²) in [5.74, 6) is -0.764. The Morgan fingerprint density at radius 1 is 1.07 bits per heavy atom. The summed E-state index contributed by atoms with van der Waals surface area (Å²) in [6, 6.07) is 5.28. The number of carbonyl (C=O) groups excluding carboxylic acids is 4. The average Bonchev–Trinajstić information content (AvgIpc) is 4.02. The molecule has 2 saturated carbocycles. The number of fused-ring (bicyclic) bond motifs is 3. The smallest absolute Gasteiger partial charge is 0.408 e. The Bertz CT molecular complexity index is 1930. The molecule has 2 aromatic rings. The van der Waals surface area contributed by atoms with Crippen LogP contribution in [0, 0.1) is 5.92 Å². The zero-order chi connectivity index (χ0) is 39.0. The highest BCUT2D eigenvalue weighted by Crippen LogP contribution is 2.46. The summed E-state index contributed by atoms with van der Waals surface area (Å²) in [6.45, 7) is 5.17. The summed E-state index contributed by atoms with van der Waals surface area (Å²) in [5, 5.41) is 6.52. The first kappa shape index (κ1) is 39.1. The number of hydrogen-bond donors (Lipinski definition) is 3. The second kappa shape index (κ2) is 15.3. The number of anilines is 1. The van der Waals surface area contributed by atoms with Crippen molar-refractivity contribution in [2.45, 2.75) is 113 Å². The standard InChI is InChI=1S/C38H52N6O9S/c1-37(2,3)53-36(48)39-29-13-11-9-7-8-10-12-24-21-38(24,35(47)42-54(49,50)27-15-16-27)41-32(45)30-20-26(22-44(30)34(29)46)52-33-28-17-14-25(51-6)18-23(28)19-31(40-33)43(4)5/h10,12,14,17-19,24,26-27,29-30H,7-9,11,13,15-16,20-22H2,1-6H3,(H,39,48)(H,41,45)(H,42,47)/b12-10-/t24-,26-,29+,30+,38-/m1/s1. The van der Waals surface area contributed by atoms with Crippen molar-refractivity contribution in [1.82, 2.24) is 25.2 Å². The fourth-order valence-electron chi connectivity index (χ4n) is 7.09. The molecule has 4 aliphatic rings. The van der Waals surface area contributed by atoms with Gasteiger partial charge in [0.05, 0.1) is 18.9 Å². The van der Waals surface area contributed by atoms with Gasteiger partial charge >= 0.3 is 6.09 Å². The molecular formula is C38H52N6O9S. The zero-order valence-electron chi connectivity index (χ0n) is 31.8. The van der Waals surface area contributed by atoms with E-state index in [-0.39, 0.29) is 19.4 Å². The van der Waals surface area contributed by atoms with E-state index in [1.807, 2.05) is 49.3 Å². The van der Waals surface area contributed by atoms with Gasteiger partial charge in [-0.1, -0.05) is 25.0 Å². The number of methoxy groups -OCH3 is 1. The molecule has 4 amide bonds. The molecule has 2 aliphatic heterocycles. The first-order valence-electron chi connectivity index (χ1n) is 18.7. The summed E-state index contributed by atoms with van der Waals surface area (Å²) in [5.41, 5.74) is -2.31. The van der Waals surface area contributed by atoms with Crippen LogP contribution in [0.15, 0.2) is 36.4 Å². The van der Waals surface area contributed by atoms with Crippen LogP contribution < -0.4 is 29.7 Å². The zero-order valence-corrected chi connectivity index (χ0v) is 32.7. The molecule has 1 aromatic heterocycles. The maximum atomic E-state index is 14.5. The predicted molar refractivity (Wildman–Crippen MR) is 202 cm³/mol. The monoisotopic (exact) mass is 768 g/mol. The topological polar surface area (TPSA) is 186 Å². The minimum atomic E-state index is -3.89. The van der Waals surface area contributed by atoms with Gasteiger partial charge in [0.2, 0.25) is 27.7 Å². The highest BCUT2D eigenvalue weighted by Gasteiger charge is 2.62. The summed E-state index contributed by atoms with van der Waals surface area (Å²) in [6.07, 6.45) is 6.72. The van der Waals surface area contributed by atoms with Gasteiger partial charge < -0.3 is 34.6 Å². The summed E-state index contributed by atoms with van der Waals surface area (Å²) < 4.78 is 45.4. The van der Waals surface area contributed by atoms with Crippen LogP contribution in [0.4, 0.5) is 10.6 Å². The Hall–Kier alpha value is -4.60. The van der Waals surface area contributed by atoms with Crippen LogP contribution >= 0.6 is 0 Å². The highest BCUT2D eigenvalue weighted by atomic mass is 32.2. The van der Waals surface area contributed by atoms with E-state index in [0.717, 1.165) is 18.2 Å². The van der Waals surface area contributed by atoms with Crippen LogP contribution in [-0.2, 0) is 29.1 Å². The number of allylic oxidation sites excluding steroid dienone is 1. The molecule has 0 spiro atoms. The van der Waals surface area contributed by atoms with Gasteiger partial charge in [0, 0.05) is 31.8 Å². The van der Waals surface area contributed by atoms with Crippen molar-refractivity contribution >= 4 is 50.4 Å². The van der Waals surface area contributed by atoms with Crippen molar-refractivity contribution in [2.75, 3.05) is 32.6 Å². The van der Waals surface area contributed by atoms with E-state index >= 15 is 0 Å². The number of benzene rings is 1. The fraction of sp³-hybridized carbons (Fsp3) is 0.605. The molecule has 0 radical (unpaired) electrons. The molecule has 1 aromatic carbocycles. The molecule has 294 valence electrons. The van der Waals surface area contributed by atoms with Crippen molar-refractivity contribution in [2.24, 2.45) is 5.92 Å². The fourth-order valence-corrected chi connectivity index (χ4v) is 8.46. The Morgan fingerprint density at radius 2 is 1.83 bits per heavy atom. The summed E-state index contributed by atoms with van der Waals surface area (Å²) >= 11 is 0. The number of aromatic nitrogens is 1. The van der Waals surface area contributed by atoms with Gasteiger partial charge in [0.25, 0.3) is 5.91 Å². The number of carbonyl (C=O) groups is 4. The Balaban J connectivity index is 1.34. The van der Waals surface area contributed by atoms with E-state index in [1.54, 1.807) is 33.9 Å². The average molecular weight is 769 g/mol. The largest absolute Gasteiger partial charge is 0.497 e. The first-order chi connectivity index (χ1) is 25.5. The van der Waals surface area contributed by atoms with Crippen molar-refractivity contribution < 1.29 is 41.8 Å². The van der Waals surface area contributed by atoms with Gasteiger partial charge in [-0.25, -0.2) is 13.2 Å². The van der Waals surface area contributed by atoms with Gasteiger partial charge in [-0.15, -0.1) is 0 Å². The minimum absolute atomic E-state index is 0.0203. The van der Waals surface area contributed by atoms with Crippen LogP contribution in [-0.4, -0.2) is 104 Å². The number of amides is 4. The van der Waals surface area contributed by atoms with Gasteiger partial charge in [0.15, 0.2) is 0 Å². The molecule has 2 aliphatic carbocycles. The molecule has 3 fully saturated rings. The molecule has 3 heterocycles. The molecule has 16 heteroatoms. The van der Waals surface area contributed by atoms with Gasteiger partial charge in [-0.2, -0.15) is 4.98 Å². The molecule has 1 saturated heterocycles. The van der Waals surface area contributed by atoms with Gasteiger partial charge in [-0.05, 0) is 88.9 Å². The summed E-state index contributed by atoms with van der Waals surface area (Å²) in [4.78, 5) is 63.7. The van der Waals surface area contributed by atoms with Gasteiger partial charge in [0.1, 0.15) is 40.9 Å². The van der Waals surface area contributed by atoms with Crippen LogP contribution in [0.3, 0.4) is 0 Å². The van der Waals surface area contributed by atoms with Crippen LogP contribution in [0.1, 0.15) is 78.6 Å². The molecule has 6 rings (SSSR count). The lowest BCUT2D eigenvalue weighted by Crippen LogP contribution is -2.58. The predicted octanol–water partition coefficient (Wildman–Crippen LogP) is 3.55. The number of nitrogens with zero attached hydrogens (tertiary/aromatic N) is 3. The SMILES string of the molecule is COc1ccc2c(O[C@@H]3C[C@H]4C(=O)N[C@]5(C(=O)NS(=O)(=O)C6CC6)C[C@H]5/C=C\CCCCC[C@H](NC(=O)OC(C)(C)C)C(=O)N4C3)nc(N(C)C)cc2c1. The van der Waals surface area contributed by atoms with Crippen LogP contribution in [0.2, 0.25) is 0 Å². The lowest BCUT2D eigenvalue weighted by molar-refractivity contribution is -0.141. The number of alkyl carbamates (subject to hydrolysis) is 1. The maximum Gasteiger partial charge on any atom is 0.408 e.